The van der Waals surface area contributed by atoms with Crippen LogP contribution in [0.3, 0.4) is 0 Å². The highest BCUT2D eigenvalue weighted by atomic mass is 16.2. The number of anilines is 1. The summed E-state index contributed by atoms with van der Waals surface area (Å²) < 4.78 is 0. The molecule has 3 rings (SSSR count). The summed E-state index contributed by atoms with van der Waals surface area (Å²) in [6.45, 7) is 0.538. The molecule has 21 heavy (non-hydrogen) atoms. The van der Waals surface area contributed by atoms with E-state index in [9.17, 15) is 9.59 Å². The molecule has 5 heteroatoms. The highest BCUT2D eigenvalue weighted by Gasteiger charge is 2.33. The highest BCUT2D eigenvalue weighted by molar-refractivity contribution is 5.94. The smallest absolute Gasteiger partial charge is 0.254 e. The molecule has 1 fully saturated rings. The minimum Gasteiger partial charge on any atom is -0.399 e. The van der Waals surface area contributed by atoms with E-state index in [1.165, 1.54) is 12.3 Å². The van der Waals surface area contributed by atoms with Crippen molar-refractivity contribution in [3.8, 4) is 0 Å². The third-order valence-corrected chi connectivity index (χ3v) is 3.60. The van der Waals surface area contributed by atoms with E-state index in [1.54, 1.807) is 6.07 Å². The standard InChI is InChI=1S/C16H17N3O2/c17-13-3-1-11(2-4-13)10-19(14-5-6-14)16(21)12-7-8-18-15(20)9-12/h1-4,7-9,14H,5-6,10,17H2,(H,18,20). The van der Waals surface area contributed by atoms with E-state index < -0.39 is 0 Å². The highest BCUT2D eigenvalue weighted by Crippen LogP contribution is 2.29. The van der Waals surface area contributed by atoms with Gasteiger partial charge in [0, 0.05) is 36.1 Å². The second-order valence-electron chi connectivity index (χ2n) is 5.35. The van der Waals surface area contributed by atoms with Crippen molar-refractivity contribution in [2.24, 2.45) is 0 Å². The molecule has 1 saturated carbocycles. The number of rotatable bonds is 4. The fourth-order valence-corrected chi connectivity index (χ4v) is 2.32. The first-order chi connectivity index (χ1) is 10.1. The second-order valence-corrected chi connectivity index (χ2v) is 5.35. The van der Waals surface area contributed by atoms with Gasteiger partial charge in [-0.15, -0.1) is 0 Å². The second kappa shape index (κ2) is 5.44. The Morgan fingerprint density at radius 3 is 2.57 bits per heavy atom. The van der Waals surface area contributed by atoms with Crippen LogP contribution in [0.2, 0.25) is 0 Å². The molecular weight excluding hydrogens is 266 g/mol. The minimum atomic E-state index is -0.260. The molecule has 0 saturated heterocycles. The number of pyridine rings is 1. The first-order valence-corrected chi connectivity index (χ1v) is 6.97. The summed E-state index contributed by atoms with van der Waals surface area (Å²) in [6, 6.07) is 10.8. The average Bonchev–Trinajstić information content (AvgIpc) is 3.30. The van der Waals surface area contributed by atoms with Crippen LogP contribution in [0.1, 0.15) is 28.8 Å². The van der Waals surface area contributed by atoms with Gasteiger partial charge in [-0.25, -0.2) is 0 Å². The lowest BCUT2D eigenvalue weighted by atomic mass is 10.1. The van der Waals surface area contributed by atoms with Crippen LogP contribution in [0.15, 0.2) is 47.4 Å². The van der Waals surface area contributed by atoms with Gasteiger partial charge in [-0.1, -0.05) is 12.1 Å². The first kappa shape index (κ1) is 13.4. The Balaban J connectivity index is 1.83. The maximum absolute atomic E-state index is 12.6. The van der Waals surface area contributed by atoms with Crippen molar-refractivity contribution in [3.63, 3.8) is 0 Å². The van der Waals surface area contributed by atoms with Gasteiger partial charge in [-0.3, -0.25) is 9.59 Å². The summed E-state index contributed by atoms with van der Waals surface area (Å²) in [4.78, 5) is 28.3. The van der Waals surface area contributed by atoms with Gasteiger partial charge in [0.05, 0.1) is 0 Å². The largest absolute Gasteiger partial charge is 0.399 e. The number of nitrogens with two attached hydrogens (primary N) is 1. The number of H-pyrrole nitrogens is 1. The minimum absolute atomic E-state index is 0.0968. The third-order valence-electron chi connectivity index (χ3n) is 3.60. The van der Waals surface area contributed by atoms with Crippen LogP contribution in [-0.4, -0.2) is 21.8 Å². The summed E-state index contributed by atoms with van der Waals surface area (Å²) in [5.74, 6) is -0.0968. The number of nitrogen functional groups attached to an aromatic ring is 1. The van der Waals surface area contributed by atoms with Gasteiger partial charge in [-0.2, -0.15) is 0 Å². The van der Waals surface area contributed by atoms with Gasteiger partial charge < -0.3 is 15.6 Å². The summed E-state index contributed by atoms with van der Waals surface area (Å²) in [7, 11) is 0. The normalized spacial score (nSPS) is 13.9. The van der Waals surface area contributed by atoms with Crippen LogP contribution < -0.4 is 11.3 Å². The van der Waals surface area contributed by atoms with Crippen molar-refractivity contribution in [2.45, 2.75) is 25.4 Å². The van der Waals surface area contributed by atoms with Crippen LogP contribution >= 0.6 is 0 Å². The Bertz CT molecular complexity index is 702. The van der Waals surface area contributed by atoms with E-state index in [-0.39, 0.29) is 17.5 Å². The third kappa shape index (κ3) is 3.13. The Morgan fingerprint density at radius 2 is 1.95 bits per heavy atom. The van der Waals surface area contributed by atoms with E-state index in [2.05, 4.69) is 4.98 Å². The SMILES string of the molecule is Nc1ccc(CN(C(=O)c2cc[nH]c(=O)c2)C2CC2)cc1. The van der Waals surface area contributed by atoms with Crippen molar-refractivity contribution >= 4 is 11.6 Å². The Hall–Kier alpha value is -2.56. The molecule has 0 radical (unpaired) electrons. The van der Waals surface area contributed by atoms with Gasteiger partial charge in [-0.05, 0) is 36.6 Å². The number of nitrogens with zero attached hydrogens (tertiary/aromatic N) is 1. The van der Waals surface area contributed by atoms with Crippen molar-refractivity contribution in [1.29, 1.82) is 0 Å². The number of carbonyl (C=O) groups is 1. The molecule has 1 aliphatic carbocycles. The lowest BCUT2D eigenvalue weighted by Crippen LogP contribution is -2.33. The maximum Gasteiger partial charge on any atom is 0.254 e. The zero-order valence-electron chi connectivity index (χ0n) is 11.6. The summed E-state index contributed by atoms with van der Waals surface area (Å²) in [5.41, 5.74) is 7.59. The Morgan fingerprint density at radius 1 is 1.24 bits per heavy atom. The molecule has 1 heterocycles. The first-order valence-electron chi connectivity index (χ1n) is 6.97. The van der Waals surface area contributed by atoms with Crippen LogP contribution in [0.4, 0.5) is 5.69 Å². The summed E-state index contributed by atoms with van der Waals surface area (Å²) in [5, 5.41) is 0. The number of aromatic nitrogens is 1. The molecule has 1 aromatic carbocycles. The predicted molar refractivity (Wildman–Crippen MR) is 80.8 cm³/mol. The Labute approximate surface area is 122 Å². The topological polar surface area (TPSA) is 79.2 Å². The zero-order chi connectivity index (χ0) is 14.8. The van der Waals surface area contributed by atoms with Crippen molar-refractivity contribution in [2.75, 3.05) is 5.73 Å². The fourth-order valence-electron chi connectivity index (χ4n) is 2.32. The van der Waals surface area contributed by atoms with Crippen LogP contribution in [0, 0.1) is 0 Å². The number of amides is 1. The van der Waals surface area contributed by atoms with Crippen molar-refractivity contribution in [3.05, 3.63) is 64.1 Å². The van der Waals surface area contributed by atoms with E-state index in [4.69, 9.17) is 5.73 Å². The van der Waals surface area contributed by atoms with Gasteiger partial charge >= 0.3 is 0 Å². The molecule has 0 unspecified atom stereocenters. The van der Waals surface area contributed by atoms with Crippen molar-refractivity contribution in [1.82, 2.24) is 9.88 Å². The lowest BCUT2D eigenvalue weighted by Gasteiger charge is -2.22. The van der Waals surface area contributed by atoms with Gasteiger partial charge in [0.1, 0.15) is 0 Å². The van der Waals surface area contributed by atoms with Crippen molar-refractivity contribution < 1.29 is 4.79 Å². The van der Waals surface area contributed by atoms with E-state index in [0.717, 1.165) is 18.4 Å². The molecule has 0 bridgehead atoms. The van der Waals surface area contributed by atoms with Crippen LogP contribution in [0.5, 0.6) is 0 Å². The van der Waals surface area contributed by atoms with Gasteiger partial charge in [0.15, 0.2) is 0 Å². The molecule has 0 aliphatic heterocycles. The molecule has 2 aromatic rings. The number of hydrogen-bond acceptors (Lipinski definition) is 3. The zero-order valence-corrected chi connectivity index (χ0v) is 11.6. The monoisotopic (exact) mass is 283 g/mol. The van der Waals surface area contributed by atoms with E-state index >= 15 is 0 Å². The number of benzene rings is 1. The molecule has 0 atom stereocenters. The van der Waals surface area contributed by atoms with Crippen LogP contribution in [-0.2, 0) is 6.54 Å². The number of nitrogens with one attached hydrogen (secondary N) is 1. The fraction of sp³-hybridized carbons (Fsp3) is 0.250. The molecule has 1 aromatic heterocycles. The van der Waals surface area contributed by atoms with E-state index in [1.807, 2.05) is 29.2 Å². The number of aromatic amines is 1. The molecule has 5 nitrogen and oxygen atoms in total. The summed E-state index contributed by atoms with van der Waals surface area (Å²) >= 11 is 0. The quantitative estimate of drug-likeness (QED) is 0.839. The number of hydrogen-bond donors (Lipinski definition) is 2. The number of carbonyl (C=O) groups excluding carboxylic acids is 1. The molecule has 108 valence electrons. The maximum atomic E-state index is 12.6. The molecule has 3 N–H and O–H groups in total. The van der Waals surface area contributed by atoms with Gasteiger partial charge in [0.2, 0.25) is 5.56 Å². The van der Waals surface area contributed by atoms with E-state index in [0.29, 0.717) is 17.8 Å². The summed E-state index contributed by atoms with van der Waals surface area (Å²) in [6.07, 6.45) is 3.54. The molecular formula is C16H17N3O2. The predicted octanol–water partition coefficient (Wildman–Crippen LogP) is 1.76. The average molecular weight is 283 g/mol. The van der Waals surface area contributed by atoms with Gasteiger partial charge in [0.25, 0.3) is 5.91 Å². The molecule has 1 amide bonds. The molecule has 1 aliphatic rings. The lowest BCUT2D eigenvalue weighted by molar-refractivity contribution is 0.0729. The van der Waals surface area contributed by atoms with Crippen LogP contribution in [0.25, 0.3) is 0 Å². The molecule has 0 spiro atoms. The Kier molecular flexibility index (Phi) is 3.48.